The Kier molecular flexibility index (Phi) is 4.14. The van der Waals surface area contributed by atoms with Crippen LogP contribution >= 0.6 is 0 Å². The van der Waals surface area contributed by atoms with Gasteiger partial charge in [0.05, 0.1) is 5.56 Å². The number of nitrogens with one attached hydrogen (secondary N) is 2. The number of pyridine rings is 1. The molecule has 1 aromatic carbocycles. The number of hydrogen-bond acceptors (Lipinski definition) is 5. The number of fused-ring (bicyclic) bond motifs is 4. The normalized spacial score (nSPS) is 19.9. The van der Waals surface area contributed by atoms with Crippen molar-refractivity contribution < 1.29 is 0 Å². The fraction of sp³-hybridized carbons (Fsp3) is 0.304. The number of rotatable bonds is 3. The Bertz CT molecular complexity index is 1330. The number of piperidine rings is 1. The predicted octanol–water partition coefficient (Wildman–Crippen LogP) is 2.50. The standard InChI is InChI=1S/C23H23N7O/c1-14-26-21(28-27-14)16-3-2-4-18(10-16)29-8-7-25-22(29)19-5-6-20-17-9-15(11-24-12-17)13-30(20)23(19)31/h2-8,10,15,17,24H,9,11-13H2,1H3,(H,26,27,28)/t15-,17+/m0/s1. The fourth-order valence-electron chi connectivity index (χ4n) is 4.94. The SMILES string of the molecule is Cc1nc(-c2cccc(-n3ccnc3-c3ccc4n(c3=O)C[C@@H]3CNC[C@H]4C3)c2)n[nH]1. The van der Waals surface area contributed by atoms with Crippen molar-refractivity contribution in [2.24, 2.45) is 5.92 Å². The second kappa shape index (κ2) is 7.02. The summed E-state index contributed by atoms with van der Waals surface area (Å²) in [4.78, 5) is 22.5. The summed E-state index contributed by atoms with van der Waals surface area (Å²) in [6, 6.07) is 12.0. The number of nitrogens with zero attached hydrogens (tertiary/aromatic N) is 5. The monoisotopic (exact) mass is 413 g/mol. The molecule has 8 nitrogen and oxygen atoms in total. The summed E-state index contributed by atoms with van der Waals surface area (Å²) in [5.74, 6) is 2.99. The van der Waals surface area contributed by atoms with Crippen LogP contribution in [0.15, 0.2) is 53.6 Å². The molecule has 0 spiro atoms. The minimum absolute atomic E-state index is 0.0438. The number of imidazole rings is 1. The molecule has 0 saturated carbocycles. The van der Waals surface area contributed by atoms with Crippen LogP contribution in [0.2, 0.25) is 0 Å². The first kappa shape index (κ1) is 18.3. The second-order valence-corrected chi connectivity index (χ2v) is 8.46. The second-order valence-electron chi connectivity index (χ2n) is 8.46. The van der Waals surface area contributed by atoms with Gasteiger partial charge in [0, 0.05) is 48.3 Å². The molecular formula is C23H23N7O. The van der Waals surface area contributed by atoms with Gasteiger partial charge in [-0.25, -0.2) is 9.97 Å². The fourth-order valence-corrected chi connectivity index (χ4v) is 4.94. The van der Waals surface area contributed by atoms with Crippen molar-refractivity contribution in [2.45, 2.75) is 25.8 Å². The van der Waals surface area contributed by atoms with Crippen LogP contribution in [-0.2, 0) is 6.54 Å². The smallest absolute Gasteiger partial charge is 0.261 e. The van der Waals surface area contributed by atoms with E-state index in [0.717, 1.165) is 48.8 Å². The maximum atomic E-state index is 13.5. The average molecular weight is 413 g/mol. The van der Waals surface area contributed by atoms with E-state index < -0.39 is 0 Å². The highest BCUT2D eigenvalue weighted by Gasteiger charge is 2.31. The predicted molar refractivity (Wildman–Crippen MR) is 117 cm³/mol. The molecule has 3 aromatic heterocycles. The van der Waals surface area contributed by atoms with Crippen molar-refractivity contribution in [3.8, 4) is 28.5 Å². The van der Waals surface area contributed by atoms with Crippen molar-refractivity contribution in [1.82, 2.24) is 34.6 Å². The van der Waals surface area contributed by atoms with Crippen LogP contribution in [0.3, 0.4) is 0 Å². The molecule has 0 aliphatic carbocycles. The maximum absolute atomic E-state index is 13.5. The van der Waals surface area contributed by atoms with Gasteiger partial charge in [0.2, 0.25) is 0 Å². The number of aromatic nitrogens is 6. The van der Waals surface area contributed by atoms with Crippen molar-refractivity contribution in [3.63, 3.8) is 0 Å². The zero-order chi connectivity index (χ0) is 20.9. The number of benzene rings is 1. The Morgan fingerprint density at radius 2 is 2.10 bits per heavy atom. The number of hydrogen-bond donors (Lipinski definition) is 2. The van der Waals surface area contributed by atoms with E-state index in [1.807, 2.05) is 52.6 Å². The first-order valence-electron chi connectivity index (χ1n) is 10.7. The van der Waals surface area contributed by atoms with Crippen LogP contribution in [-0.4, -0.2) is 42.4 Å². The minimum Gasteiger partial charge on any atom is -0.316 e. The van der Waals surface area contributed by atoms with Crippen molar-refractivity contribution in [1.29, 1.82) is 0 Å². The van der Waals surface area contributed by atoms with Crippen molar-refractivity contribution in [3.05, 3.63) is 70.7 Å². The number of H-pyrrole nitrogens is 1. The van der Waals surface area contributed by atoms with E-state index in [0.29, 0.717) is 29.0 Å². The molecule has 156 valence electrons. The minimum atomic E-state index is 0.0438. The van der Waals surface area contributed by atoms with Crippen LogP contribution in [0.1, 0.15) is 23.9 Å². The van der Waals surface area contributed by atoms with Gasteiger partial charge in [-0.2, -0.15) is 5.10 Å². The van der Waals surface area contributed by atoms with Gasteiger partial charge in [-0.05, 0) is 50.1 Å². The summed E-state index contributed by atoms with van der Waals surface area (Å²) in [6.07, 6.45) is 4.79. The van der Waals surface area contributed by atoms with E-state index in [2.05, 4.69) is 31.5 Å². The molecule has 2 bridgehead atoms. The molecule has 2 aliphatic rings. The van der Waals surface area contributed by atoms with E-state index in [9.17, 15) is 4.79 Å². The Labute approximate surface area is 179 Å². The largest absolute Gasteiger partial charge is 0.316 e. The lowest BCUT2D eigenvalue weighted by atomic mass is 9.84. The first-order chi connectivity index (χ1) is 15.2. The van der Waals surface area contributed by atoms with Gasteiger partial charge >= 0.3 is 0 Å². The van der Waals surface area contributed by atoms with Crippen molar-refractivity contribution >= 4 is 0 Å². The molecule has 8 heteroatoms. The van der Waals surface area contributed by atoms with E-state index in [4.69, 9.17) is 0 Å². The lowest BCUT2D eigenvalue weighted by molar-refractivity contribution is 0.257. The molecule has 6 rings (SSSR count). The molecule has 0 unspecified atom stereocenters. The number of aryl methyl sites for hydroxylation is 1. The van der Waals surface area contributed by atoms with E-state index >= 15 is 0 Å². The molecule has 0 amide bonds. The molecule has 0 radical (unpaired) electrons. The van der Waals surface area contributed by atoms with Crippen LogP contribution in [0, 0.1) is 12.8 Å². The summed E-state index contributed by atoms with van der Waals surface area (Å²) in [7, 11) is 0. The third-order valence-electron chi connectivity index (χ3n) is 6.37. The van der Waals surface area contributed by atoms with Crippen LogP contribution < -0.4 is 10.9 Å². The van der Waals surface area contributed by atoms with E-state index in [1.165, 1.54) is 0 Å². The Morgan fingerprint density at radius 3 is 2.97 bits per heavy atom. The molecule has 5 heterocycles. The number of aromatic amines is 1. The molecular weight excluding hydrogens is 390 g/mol. The average Bonchev–Trinajstić information content (AvgIpc) is 3.44. The van der Waals surface area contributed by atoms with Gasteiger partial charge in [-0.3, -0.25) is 14.5 Å². The van der Waals surface area contributed by atoms with Gasteiger partial charge in [0.1, 0.15) is 11.6 Å². The summed E-state index contributed by atoms with van der Waals surface area (Å²) in [5.41, 5.74) is 3.63. The van der Waals surface area contributed by atoms with Crippen LogP contribution in [0.5, 0.6) is 0 Å². The zero-order valence-electron chi connectivity index (χ0n) is 17.2. The molecule has 2 atom stereocenters. The van der Waals surface area contributed by atoms with E-state index in [-0.39, 0.29) is 5.56 Å². The van der Waals surface area contributed by atoms with Gasteiger partial charge in [0.15, 0.2) is 5.82 Å². The third kappa shape index (κ3) is 3.02. The van der Waals surface area contributed by atoms with Crippen molar-refractivity contribution in [2.75, 3.05) is 13.1 Å². The molecule has 2 aliphatic heterocycles. The van der Waals surface area contributed by atoms with Gasteiger partial charge < -0.3 is 9.88 Å². The molecule has 31 heavy (non-hydrogen) atoms. The quantitative estimate of drug-likeness (QED) is 0.538. The highest BCUT2D eigenvalue weighted by Crippen LogP contribution is 2.33. The van der Waals surface area contributed by atoms with Crippen LogP contribution in [0.4, 0.5) is 0 Å². The molecule has 1 saturated heterocycles. The topological polar surface area (TPSA) is 93.4 Å². The molecule has 4 aromatic rings. The Balaban J connectivity index is 1.44. The lowest BCUT2D eigenvalue weighted by Crippen LogP contribution is -2.45. The third-order valence-corrected chi connectivity index (χ3v) is 6.37. The van der Waals surface area contributed by atoms with Gasteiger partial charge in [0.25, 0.3) is 5.56 Å². The highest BCUT2D eigenvalue weighted by molar-refractivity contribution is 5.63. The lowest BCUT2D eigenvalue weighted by Gasteiger charge is -2.37. The maximum Gasteiger partial charge on any atom is 0.261 e. The van der Waals surface area contributed by atoms with Gasteiger partial charge in [-0.1, -0.05) is 12.1 Å². The summed E-state index contributed by atoms with van der Waals surface area (Å²) >= 11 is 0. The zero-order valence-corrected chi connectivity index (χ0v) is 17.2. The molecule has 1 fully saturated rings. The van der Waals surface area contributed by atoms with Gasteiger partial charge in [-0.15, -0.1) is 0 Å². The summed E-state index contributed by atoms with van der Waals surface area (Å²) in [6.45, 7) is 4.57. The Hall–Kier alpha value is -3.52. The Morgan fingerprint density at radius 1 is 1.16 bits per heavy atom. The first-order valence-corrected chi connectivity index (χ1v) is 10.7. The summed E-state index contributed by atoms with van der Waals surface area (Å²) in [5, 5.41) is 10.6. The summed E-state index contributed by atoms with van der Waals surface area (Å²) < 4.78 is 3.93. The highest BCUT2D eigenvalue weighted by atomic mass is 16.1. The van der Waals surface area contributed by atoms with Crippen LogP contribution in [0.25, 0.3) is 28.5 Å². The van der Waals surface area contributed by atoms with E-state index in [1.54, 1.807) is 6.20 Å². The molecule has 2 N–H and O–H groups in total.